The number of amides is 2. The van der Waals surface area contributed by atoms with Gasteiger partial charge >= 0.3 is 6.03 Å². The zero-order valence-corrected chi connectivity index (χ0v) is 10.1. The molecule has 2 amide bonds. The molecule has 1 aromatic rings. The molecule has 1 saturated heterocycles. The molecule has 0 radical (unpaired) electrons. The molecule has 1 aliphatic heterocycles. The van der Waals surface area contributed by atoms with Crippen LogP contribution in [-0.2, 0) is 11.8 Å². The number of morpholine rings is 1. The average Bonchev–Trinajstić information content (AvgIpc) is 2.72. The van der Waals surface area contributed by atoms with Crippen molar-refractivity contribution in [2.45, 2.75) is 0 Å². The third-order valence-electron chi connectivity index (χ3n) is 2.75. The second-order valence-electron chi connectivity index (χ2n) is 3.97. The number of carbonyl (C=O) groups excluding carboxylic acids is 1. The lowest BCUT2D eigenvalue weighted by Crippen LogP contribution is -2.43. The van der Waals surface area contributed by atoms with E-state index in [0.29, 0.717) is 37.7 Å². The lowest BCUT2D eigenvalue weighted by molar-refractivity contribution is 0.0564. The second-order valence-corrected chi connectivity index (χ2v) is 3.97. The van der Waals surface area contributed by atoms with E-state index in [-0.39, 0.29) is 11.9 Å². The van der Waals surface area contributed by atoms with Crippen LogP contribution in [0.15, 0.2) is 6.20 Å². The van der Waals surface area contributed by atoms with E-state index in [0.717, 1.165) is 0 Å². The van der Waals surface area contributed by atoms with Crippen molar-refractivity contribution in [1.82, 2.24) is 14.7 Å². The molecule has 4 N–H and O–H groups in total. The van der Waals surface area contributed by atoms with Gasteiger partial charge < -0.3 is 15.4 Å². The van der Waals surface area contributed by atoms with Crippen molar-refractivity contribution in [3.05, 3.63) is 11.8 Å². The molecule has 98 valence electrons. The summed E-state index contributed by atoms with van der Waals surface area (Å²) in [5.41, 5.74) is 5.84. The number of nitrogens with two attached hydrogens (primary N) is 1. The average molecular weight is 252 g/mol. The first kappa shape index (κ1) is 12.4. The van der Waals surface area contributed by atoms with Crippen LogP contribution >= 0.6 is 0 Å². The predicted molar refractivity (Wildman–Crippen MR) is 65.6 cm³/mol. The largest absolute Gasteiger partial charge is 0.384 e. The summed E-state index contributed by atoms with van der Waals surface area (Å²) >= 11 is 0. The molecule has 0 unspecified atom stereocenters. The van der Waals surface area contributed by atoms with Crippen LogP contribution in [0.4, 0.5) is 10.6 Å². The van der Waals surface area contributed by atoms with Crippen LogP contribution in [-0.4, -0.2) is 52.9 Å². The van der Waals surface area contributed by atoms with Crippen molar-refractivity contribution >= 4 is 17.7 Å². The van der Waals surface area contributed by atoms with Crippen molar-refractivity contribution in [2.75, 3.05) is 31.6 Å². The van der Waals surface area contributed by atoms with Gasteiger partial charge in [-0.1, -0.05) is 0 Å². The van der Waals surface area contributed by atoms with Crippen LogP contribution in [0.1, 0.15) is 5.56 Å². The predicted octanol–water partition coefficient (Wildman–Crippen LogP) is -0.432. The van der Waals surface area contributed by atoms with E-state index in [1.807, 2.05) is 0 Å². The Morgan fingerprint density at radius 1 is 1.56 bits per heavy atom. The summed E-state index contributed by atoms with van der Waals surface area (Å²) in [6, 6.07) is -0.232. The van der Waals surface area contributed by atoms with Gasteiger partial charge in [0.1, 0.15) is 11.7 Å². The number of hydrogen-bond donors (Lipinski definition) is 3. The van der Waals surface area contributed by atoms with E-state index >= 15 is 0 Å². The van der Waals surface area contributed by atoms with E-state index in [1.54, 1.807) is 11.9 Å². The number of carbonyl (C=O) groups is 1. The Labute approximate surface area is 104 Å². The van der Waals surface area contributed by atoms with Gasteiger partial charge in [0.2, 0.25) is 0 Å². The highest BCUT2D eigenvalue weighted by Gasteiger charge is 2.20. The van der Waals surface area contributed by atoms with Crippen LogP contribution in [0.25, 0.3) is 0 Å². The fourth-order valence-corrected chi connectivity index (χ4v) is 1.73. The molecular weight excluding hydrogens is 236 g/mol. The zero-order chi connectivity index (χ0) is 13.1. The van der Waals surface area contributed by atoms with Gasteiger partial charge in [0.15, 0.2) is 0 Å². The van der Waals surface area contributed by atoms with Gasteiger partial charge in [-0.3, -0.25) is 15.4 Å². The molecule has 0 bridgehead atoms. The smallest absolute Gasteiger partial charge is 0.323 e. The monoisotopic (exact) mass is 252 g/mol. The number of nitrogens with one attached hydrogen (secondary N) is 2. The topological polar surface area (TPSA) is 109 Å². The molecule has 0 spiro atoms. The summed E-state index contributed by atoms with van der Waals surface area (Å²) in [5, 5.41) is 14.1. The minimum absolute atomic E-state index is 0.125. The summed E-state index contributed by atoms with van der Waals surface area (Å²) < 4.78 is 6.66. The number of amidine groups is 1. The van der Waals surface area contributed by atoms with E-state index < -0.39 is 0 Å². The fraction of sp³-hybridized carbons (Fsp3) is 0.500. The first-order chi connectivity index (χ1) is 8.59. The molecule has 2 rings (SSSR count). The highest BCUT2D eigenvalue weighted by Crippen LogP contribution is 2.14. The van der Waals surface area contributed by atoms with Crippen LogP contribution in [0.5, 0.6) is 0 Å². The Hall–Kier alpha value is -2.09. The summed E-state index contributed by atoms with van der Waals surface area (Å²) in [4.78, 5) is 13.7. The Morgan fingerprint density at radius 2 is 2.22 bits per heavy atom. The standard InChI is InChI=1S/C10H16N6O2/c1-15-9(7(6-13-15)8(11)12)14-10(17)16-2-4-18-5-3-16/h6H,2-5H2,1H3,(H3,11,12)(H,14,17). The molecule has 0 aliphatic carbocycles. The molecule has 1 aliphatic rings. The Kier molecular flexibility index (Phi) is 3.47. The molecular formula is C10H16N6O2. The number of ether oxygens (including phenoxy) is 1. The number of urea groups is 1. The first-order valence-corrected chi connectivity index (χ1v) is 5.59. The number of rotatable bonds is 2. The van der Waals surface area contributed by atoms with Crippen molar-refractivity contribution < 1.29 is 9.53 Å². The minimum atomic E-state index is -0.232. The number of aryl methyl sites for hydroxylation is 1. The molecule has 18 heavy (non-hydrogen) atoms. The van der Waals surface area contributed by atoms with Crippen molar-refractivity contribution in [1.29, 1.82) is 5.41 Å². The number of aromatic nitrogens is 2. The number of anilines is 1. The van der Waals surface area contributed by atoms with Gasteiger partial charge in [0, 0.05) is 20.1 Å². The molecule has 0 atom stereocenters. The maximum absolute atomic E-state index is 12.0. The van der Waals surface area contributed by atoms with Crippen LogP contribution < -0.4 is 11.1 Å². The fourth-order valence-electron chi connectivity index (χ4n) is 1.73. The number of nitrogen functional groups attached to an aromatic ring is 1. The highest BCUT2D eigenvalue weighted by molar-refractivity contribution is 6.02. The molecule has 2 heterocycles. The van der Waals surface area contributed by atoms with E-state index in [4.69, 9.17) is 15.9 Å². The lowest BCUT2D eigenvalue weighted by atomic mass is 10.3. The summed E-state index contributed by atoms with van der Waals surface area (Å²) in [5.74, 6) is 0.305. The van der Waals surface area contributed by atoms with E-state index in [2.05, 4.69) is 10.4 Å². The first-order valence-electron chi connectivity index (χ1n) is 5.59. The highest BCUT2D eigenvalue weighted by atomic mass is 16.5. The number of hydrogen-bond acceptors (Lipinski definition) is 4. The second kappa shape index (κ2) is 5.05. The minimum Gasteiger partial charge on any atom is -0.384 e. The van der Waals surface area contributed by atoms with Crippen molar-refractivity contribution in [3.8, 4) is 0 Å². The molecule has 8 heteroatoms. The summed E-state index contributed by atoms with van der Waals surface area (Å²) in [6.07, 6.45) is 1.46. The lowest BCUT2D eigenvalue weighted by Gasteiger charge is -2.27. The van der Waals surface area contributed by atoms with Crippen LogP contribution in [0, 0.1) is 5.41 Å². The Balaban J connectivity index is 2.10. The van der Waals surface area contributed by atoms with E-state index in [1.165, 1.54) is 10.9 Å². The molecule has 1 aromatic heterocycles. The van der Waals surface area contributed by atoms with Gasteiger partial charge in [-0.2, -0.15) is 5.10 Å². The van der Waals surface area contributed by atoms with Gasteiger partial charge in [-0.05, 0) is 0 Å². The molecule has 1 fully saturated rings. The third kappa shape index (κ3) is 2.43. The number of nitrogens with zero attached hydrogens (tertiary/aromatic N) is 3. The Bertz CT molecular complexity index is 463. The normalized spacial score (nSPS) is 15.5. The van der Waals surface area contributed by atoms with Gasteiger partial charge in [-0.15, -0.1) is 0 Å². The molecule has 0 aromatic carbocycles. The maximum Gasteiger partial charge on any atom is 0.323 e. The molecule has 8 nitrogen and oxygen atoms in total. The third-order valence-corrected chi connectivity index (χ3v) is 2.75. The van der Waals surface area contributed by atoms with Crippen molar-refractivity contribution in [3.63, 3.8) is 0 Å². The van der Waals surface area contributed by atoms with Crippen LogP contribution in [0.3, 0.4) is 0 Å². The summed E-state index contributed by atoms with van der Waals surface area (Å²) in [6.45, 7) is 2.19. The van der Waals surface area contributed by atoms with Crippen LogP contribution in [0.2, 0.25) is 0 Å². The zero-order valence-electron chi connectivity index (χ0n) is 10.1. The Morgan fingerprint density at radius 3 is 2.83 bits per heavy atom. The van der Waals surface area contributed by atoms with Gasteiger partial charge in [0.25, 0.3) is 0 Å². The van der Waals surface area contributed by atoms with Gasteiger partial charge in [-0.25, -0.2) is 4.79 Å². The summed E-state index contributed by atoms with van der Waals surface area (Å²) in [7, 11) is 1.68. The maximum atomic E-state index is 12.0. The van der Waals surface area contributed by atoms with Gasteiger partial charge in [0.05, 0.1) is 25.0 Å². The van der Waals surface area contributed by atoms with Crippen molar-refractivity contribution in [2.24, 2.45) is 12.8 Å². The SMILES string of the molecule is Cn1ncc(C(=N)N)c1NC(=O)N1CCOCC1. The molecule has 0 saturated carbocycles. The van der Waals surface area contributed by atoms with E-state index in [9.17, 15) is 4.79 Å². The quantitative estimate of drug-likeness (QED) is 0.490.